The van der Waals surface area contributed by atoms with Crippen molar-refractivity contribution in [3.05, 3.63) is 24.3 Å². The van der Waals surface area contributed by atoms with Crippen LogP contribution in [0, 0.1) is 5.92 Å². The van der Waals surface area contributed by atoms with Crippen molar-refractivity contribution in [2.24, 2.45) is 5.92 Å². The predicted octanol–water partition coefficient (Wildman–Crippen LogP) is 1.17. The zero-order chi connectivity index (χ0) is 25.2. The number of aryl methyl sites for hydroxylation is 1. The van der Waals surface area contributed by atoms with E-state index in [0.717, 1.165) is 6.42 Å². The quantitative estimate of drug-likeness (QED) is 0.353. The predicted molar refractivity (Wildman–Crippen MR) is 129 cm³/mol. The Kier molecular flexibility index (Phi) is 7.12. The monoisotopic (exact) mass is 499 g/mol. The van der Waals surface area contributed by atoms with Crippen LogP contribution in [-0.2, 0) is 11.3 Å². The third-order valence-electron chi connectivity index (χ3n) is 7.07. The molecule has 5 rings (SSSR count). The molecule has 13 nitrogen and oxygen atoms in total. The Morgan fingerprint density at radius 3 is 2.67 bits per heavy atom. The summed E-state index contributed by atoms with van der Waals surface area (Å²) in [4.78, 5) is 30.3. The number of fused-ring (bicyclic) bond motifs is 1. The summed E-state index contributed by atoms with van der Waals surface area (Å²) in [6.45, 7) is 3.10. The molecule has 1 aliphatic carbocycles. The standard InChI is InChI=1S/C23H33N9O4/c1-3-31-11-27-19(30-31)17-15(33)16(34)23(36-17)32-12-26-14-18(24-2)28-20(29-21(14)32)22(35)25-10-9-13-7-5-4-6-8-13/h11-13,15-17,23,33-34H,3-10H2,1-2H3,(H,25,35)(H,24,28,29)/t15-,16+,17-,23+/m0/s1. The Balaban J connectivity index is 1.37. The van der Waals surface area contributed by atoms with Gasteiger partial charge in [-0.2, -0.15) is 5.10 Å². The van der Waals surface area contributed by atoms with E-state index in [0.29, 0.717) is 36.0 Å². The fourth-order valence-electron chi connectivity index (χ4n) is 5.02. The number of ether oxygens (including phenoxy) is 1. The molecule has 3 aromatic rings. The van der Waals surface area contributed by atoms with Gasteiger partial charge in [0.05, 0.1) is 6.33 Å². The molecule has 4 atom stereocenters. The van der Waals surface area contributed by atoms with E-state index in [1.54, 1.807) is 18.1 Å². The average molecular weight is 500 g/mol. The molecule has 2 aliphatic rings. The van der Waals surface area contributed by atoms with Crippen LogP contribution in [0.2, 0.25) is 0 Å². The number of imidazole rings is 1. The first kappa shape index (κ1) is 24.5. The van der Waals surface area contributed by atoms with E-state index in [1.165, 1.54) is 43.0 Å². The van der Waals surface area contributed by atoms with Crippen LogP contribution in [0.1, 0.15) is 74.2 Å². The van der Waals surface area contributed by atoms with Crippen LogP contribution in [-0.4, -0.2) is 76.2 Å². The van der Waals surface area contributed by atoms with E-state index >= 15 is 0 Å². The van der Waals surface area contributed by atoms with Gasteiger partial charge in [0.25, 0.3) is 5.91 Å². The summed E-state index contributed by atoms with van der Waals surface area (Å²) in [6, 6.07) is 0. The molecular weight excluding hydrogens is 466 g/mol. The van der Waals surface area contributed by atoms with Crippen molar-refractivity contribution in [1.82, 2.24) is 39.6 Å². The van der Waals surface area contributed by atoms with Gasteiger partial charge in [0.1, 0.15) is 18.5 Å². The molecule has 4 heterocycles. The molecule has 0 aromatic carbocycles. The van der Waals surface area contributed by atoms with E-state index in [1.807, 2.05) is 6.92 Å². The van der Waals surface area contributed by atoms with E-state index in [9.17, 15) is 15.0 Å². The lowest BCUT2D eigenvalue weighted by Gasteiger charge is -2.21. The molecule has 1 saturated carbocycles. The third-order valence-corrected chi connectivity index (χ3v) is 7.07. The number of hydrogen-bond acceptors (Lipinski definition) is 10. The van der Waals surface area contributed by atoms with Gasteiger partial charge in [-0.05, 0) is 19.3 Å². The summed E-state index contributed by atoms with van der Waals surface area (Å²) in [5.74, 6) is 0.917. The van der Waals surface area contributed by atoms with Gasteiger partial charge in [-0.3, -0.25) is 14.0 Å². The van der Waals surface area contributed by atoms with Gasteiger partial charge in [-0.1, -0.05) is 32.1 Å². The fraction of sp³-hybridized carbons (Fsp3) is 0.652. The van der Waals surface area contributed by atoms with E-state index in [4.69, 9.17) is 4.74 Å². The number of carbonyl (C=O) groups excluding carboxylic acids is 1. The molecule has 0 spiro atoms. The Bertz CT molecular complexity index is 1210. The molecule has 194 valence electrons. The van der Waals surface area contributed by atoms with Gasteiger partial charge in [0.15, 0.2) is 35.1 Å². The van der Waals surface area contributed by atoms with Gasteiger partial charge in [-0.15, -0.1) is 0 Å². The molecule has 0 radical (unpaired) electrons. The molecule has 4 N–H and O–H groups in total. The lowest BCUT2D eigenvalue weighted by Crippen LogP contribution is -2.30. The minimum atomic E-state index is -1.29. The van der Waals surface area contributed by atoms with Crippen LogP contribution in [0.4, 0.5) is 5.82 Å². The summed E-state index contributed by atoms with van der Waals surface area (Å²) in [5.41, 5.74) is 0.717. The Morgan fingerprint density at radius 2 is 1.94 bits per heavy atom. The Labute approximate surface area is 208 Å². The minimum absolute atomic E-state index is 0.00909. The molecule has 1 saturated heterocycles. The van der Waals surface area contributed by atoms with Crippen molar-refractivity contribution in [3.8, 4) is 0 Å². The van der Waals surface area contributed by atoms with Gasteiger partial charge in [-0.25, -0.2) is 19.9 Å². The van der Waals surface area contributed by atoms with Crippen molar-refractivity contribution in [2.45, 2.75) is 76.5 Å². The summed E-state index contributed by atoms with van der Waals surface area (Å²) >= 11 is 0. The topological polar surface area (TPSA) is 165 Å². The number of aromatic nitrogens is 7. The highest BCUT2D eigenvalue weighted by Crippen LogP contribution is 2.39. The first-order chi connectivity index (χ1) is 17.5. The molecule has 1 aliphatic heterocycles. The molecule has 13 heteroatoms. The number of aliphatic hydroxyl groups is 2. The number of anilines is 1. The van der Waals surface area contributed by atoms with Crippen LogP contribution in [0.15, 0.2) is 12.7 Å². The summed E-state index contributed by atoms with van der Waals surface area (Å²) in [6.07, 6.45) is 5.70. The van der Waals surface area contributed by atoms with Crippen LogP contribution in [0.3, 0.4) is 0 Å². The van der Waals surface area contributed by atoms with Gasteiger partial charge in [0.2, 0.25) is 5.82 Å². The van der Waals surface area contributed by atoms with Crippen LogP contribution >= 0.6 is 0 Å². The number of aliphatic hydroxyl groups excluding tert-OH is 2. The molecule has 2 fully saturated rings. The number of nitrogens with one attached hydrogen (secondary N) is 2. The first-order valence-corrected chi connectivity index (χ1v) is 12.6. The highest BCUT2D eigenvalue weighted by Gasteiger charge is 2.47. The van der Waals surface area contributed by atoms with Crippen LogP contribution < -0.4 is 10.6 Å². The maximum atomic E-state index is 12.9. The second-order valence-electron chi connectivity index (χ2n) is 9.41. The van der Waals surface area contributed by atoms with Crippen LogP contribution in [0.25, 0.3) is 11.2 Å². The summed E-state index contributed by atoms with van der Waals surface area (Å²) < 4.78 is 9.11. The third kappa shape index (κ3) is 4.65. The summed E-state index contributed by atoms with van der Waals surface area (Å²) in [7, 11) is 1.68. The van der Waals surface area contributed by atoms with E-state index in [2.05, 4.69) is 35.7 Å². The van der Waals surface area contributed by atoms with E-state index in [-0.39, 0.29) is 17.6 Å². The molecule has 36 heavy (non-hydrogen) atoms. The number of nitrogens with zero attached hydrogens (tertiary/aromatic N) is 7. The number of amides is 1. The number of carbonyl (C=O) groups is 1. The van der Waals surface area contributed by atoms with E-state index < -0.39 is 24.5 Å². The number of hydrogen-bond donors (Lipinski definition) is 4. The van der Waals surface area contributed by atoms with Crippen molar-refractivity contribution < 1.29 is 19.7 Å². The number of rotatable bonds is 8. The van der Waals surface area contributed by atoms with Crippen LogP contribution in [0.5, 0.6) is 0 Å². The minimum Gasteiger partial charge on any atom is -0.387 e. The van der Waals surface area contributed by atoms with Crippen molar-refractivity contribution >= 4 is 22.9 Å². The highest BCUT2D eigenvalue weighted by molar-refractivity contribution is 5.94. The van der Waals surface area contributed by atoms with Crippen molar-refractivity contribution in [1.29, 1.82) is 0 Å². The Morgan fingerprint density at radius 1 is 1.14 bits per heavy atom. The fourth-order valence-corrected chi connectivity index (χ4v) is 5.02. The lowest BCUT2D eigenvalue weighted by atomic mass is 9.87. The first-order valence-electron chi connectivity index (χ1n) is 12.6. The second-order valence-corrected chi connectivity index (χ2v) is 9.41. The maximum absolute atomic E-state index is 12.9. The molecular formula is C23H33N9O4. The van der Waals surface area contributed by atoms with Gasteiger partial charge >= 0.3 is 0 Å². The highest BCUT2D eigenvalue weighted by atomic mass is 16.6. The molecule has 0 bridgehead atoms. The smallest absolute Gasteiger partial charge is 0.289 e. The van der Waals surface area contributed by atoms with Gasteiger partial charge < -0.3 is 25.6 Å². The second kappa shape index (κ2) is 10.4. The zero-order valence-corrected chi connectivity index (χ0v) is 20.5. The van der Waals surface area contributed by atoms with Crippen molar-refractivity contribution in [2.75, 3.05) is 18.9 Å². The summed E-state index contributed by atoms with van der Waals surface area (Å²) in [5, 5.41) is 31.7. The molecule has 0 unspecified atom stereocenters. The largest absolute Gasteiger partial charge is 0.387 e. The Hall–Kier alpha value is -3.16. The molecule has 3 aromatic heterocycles. The lowest BCUT2D eigenvalue weighted by molar-refractivity contribution is -0.0383. The molecule has 1 amide bonds. The average Bonchev–Trinajstić information content (AvgIpc) is 3.62. The normalized spacial score (nSPS) is 24.9. The maximum Gasteiger partial charge on any atom is 0.289 e. The SMILES string of the molecule is CCn1cnc([C@H]2O[C@@H](n3cnc4c(NC)nc(C(=O)NCCC5CCCCC5)nc43)[C@H](O)[C@@H]2O)n1. The van der Waals surface area contributed by atoms with Gasteiger partial charge in [0, 0.05) is 20.1 Å². The van der Waals surface area contributed by atoms with Crippen molar-refractivity contribution in [3.63, 3.8) is 0 Å². The zero-order valence-electron chi connectivity index (χ0n) is 20.5.